The van der Waals surface area contributed by atoms with Gasteiger partial charge in [0.1, 0.15) is 5.75 Å². The number of primary amides is 1. The maximum absolute atomic E-state index is 11.8. The number of hydrogen-bond acceptors (Lipinski definition) is 10. The van der Waals surface area contributed by atoms with Gasteiger partial charge in [0.2, 0.25) is 11.6 Å². The van der Waals surface area contributed by atoms with E-state index < -0.39 is 53.4 Å². The number of aromatic hydroxyl groups is 1. The van der Waals surface area contributed by atoms with Gasteiger partial charge in [0, 0.05) is 17.0 Å². The molecule has 2 aromatic rings. The van der Waals surface area contributed by atoms with Crippen LogP contribution in [0.3, 0.4) is 0 Å². The molecule has 0 aromatic heterocycles. The number of amidine groups is 1. The van der Waals surface area contributed by atoms with Crippen molar-refractivity contribution in [3.05, 3.63) is 29.8 Å². The Labute approximate surface area is 179 Å². The number of fused-ring (bicyclic) bond motifs is 1. The second-order valence-electron chi connectivity index (χ2n) is 6.06. The number of hydrogen-bond donors (Lipinski definition) is 6. The van der Waals surface area contributed by atoms with Crippen LogP contribution >= 0.6 is 11.6 Å². The highest BCUT2D eigenvalue weighted by Crippen LogP contribution is 2.35. The SMILES string of the molecule is NC(=O)NC1=NC(Cl)N(N)C(c2cc(S(=O)(=O)O)cc3cc(S(=O)(=O)O)cc(O)c23)=N1. The van der Waals surface area contributed by atoms with Gasteiger partial charge >= 0.3 is 6.03 Å². The van der Waals surface area contributed by atoms with E-state index in [0.717, 1.165) is 23.2 Å². The monoisotopic (exact) mass is 492 g/mol. The summed E-state index contributed by atoms with van der Waals surface area (Å²) in [5.74, 6) is 4.40. The van der Waals surface area contributed by atoms with Gasteiger partial charge in [0.15, 0.2) is 5.84 Å². The summed E-state index contributed by atoms with van der Waals surface area (Å²) in [5, 5.41) is 12.8. The van der Waals surface area contributed by atoms with Gasteiger partial charge in [-0.25, -0.2) is 15.6 Å². The fourth-order valence-corrected chi connectivity index (χ4v) is 4.00. The molecule has 0 saturated heterocycles. The van der Waals surface area contributed by atoms with Gasteiger partial charge in [-0.15, -0.1) is 0 Å². The van der Waals surface area contributed by atoms with E-state index in [1.165, 1.54) is 0 Å². The standard InChI is InChI=1S/C14H13ClN6O8S2/c15-12-19-14(20-13(16)23)18-11(21(12)17)8-3-6(30(24,25)26)1-5-2-7(31(27,28)29)4-9(22)10(5)8/h1-4,12,22H,17H2,(H,24,25,26)(H,27,28,29)(H3,16,19,20,23). The summed E-state index contributed by atoms with van der Waals surface area (Å²) in [5.41, 5.74) is 3.42. The maximum atomic E-state index is 11.8. The molecule has 8 N–H and O–H groups in total. The fourth-order valence-electron chi connectivity index (χ4n) is 2.73. The topological polar surface area (TPSA) is 238 Å². The first-order valence-corrected chi connectivity index (χ1v) is 11.2. The smallest absolute Gasteiger partial charge is 0.318 e. The molecular weight excluding hydrogens is 480 g/mol. The molecule has 1 aliphatic rings. The lowest BCUT2D eigenvalue weighted by atomic mass is 10.0. The third-order valence-corrected chi connectivity index (χ3v) is 5.93. The van der Waals surface area contributed by atoms with Crippen LogP contribution < -0.4 is 16.9 Å². The van der Waals surface area contributed by atoms with Crippen LogP contribution in [0.2, 0.25) is 0 Å². The number of amides is 2. The van der Waals surface area contributed by atoms with Crippen molar-refractivity contribution in [3.8, 4) is 5.75 Å². The van der Waals surface area contributed by atoms with Crippen LogP contribution in [0.25, 0.3) is 10.8 Å². The van der Waals surface area contributed by atoms with Crippen LogP contribution in [0.15, 0.2) is 44.0 Å². The number of alkyl halides is 1. The lowest BCUT2D eigenvalue weighted by molar-refractivity contribution is 0.253. The van der Waals surface area contributed by atoms with Crippen LogP contribution in [0, 0.1) is 0 Å². The third-order valence-electron chi connectivity index (χ3n) is 3.96. The van der Waals surface area contributed by atoms with Crippen molar-refractivity contribution in [2.45, 2.75) is 15.4 Å². The molecule has 0 bridgehead atoms. The largest absolute Gasteiger partial charge is 0.507 e. The number of nitrogens with zero attached hydrogens (tertiary/aromatic N) is 3. The highest BCUT2D eigenvalue weighted by Gasteiger charge is 2.29. The third kappa shape index (κ3) is 4.53. The Morgan fingerprint density at radius 3 is 2.16 bits per heavy atom. The number of hydrazine groups is 1. The number of aliphatic imine (C=N–C) groups is 2. The summed E-state index contributed by atoms with van der Waals surface area (Å²) < 4.78 is 65.2. The minimum Gasteiger partial charge on any atom is -0.507 e. The molecule has 14 nitrogen and oxygen atoms in total. The summed E-state index contributed by atoms with van der Waals surface area (Å²) in [6.07, 6.45) is 0. The maximum Gasteiger partial charge on any atom is 0.318 e. The predicted molar refractivity (Wildman–Crippen MR) is 108 cm³/mol. The van der Waals surface area contributed by atoms with Crippen molar-refractivity contribution >= 4 is 60.4 Å². The molecular formula is C14H13ClN6O8S2. The number of phenolic OH excluding ortho intramolecular Hbond substituents is 1. The Kier molecular flexibility index (Phi) is 5.55. The van der Waals surface area contributed by atoms with Crippen LogP contribution in [-0.2, 0) is 20.2 Å². The lowest BCUT2D eigenvalue weighted by Crippen LogP contribution is -2.48. The van der Waals surface area contributed by atoms with E-state index in [0.29, 0.717) is 6.07 Å². The number of guanidine groups is 1. The number of phenols is 1. The molecule has 1 heterocycles. The van der Waals surface area contributed by atoms with Crippen LogP contribution in [-0.4, -0.2) is 59.5 Å². The fraction of sp³-hybridized carbons (Fsp3) is 0.0714. The van der Waals surface area contributed by atoms with Gasteiger partial charge in [-0.05, 0) is 23.6 Å². The number of carbonyl (C=O) groups excluding carboxylic acids is 1. The molecule has 2 aromatic carbocycles. The Balaban J connectivity index is 2.41. The summed E-state index contributed by atoms with van der Waals surface area (Å²) in [6, 6.07) is 2.23. The van der Waals surface area contributed by atoms with Crippen LogP contribution in [0.4, 0.5) is 4.79 Å². The average Bonchev–Trinajstić information content (AvgIpc) is 2.61. The van der Waals surface area contributed by atoms with Gasteiger partial charge in [0.25, 0.3) is 20.2 Å². The molecule has 166 valence electrons. The van der Waals surface area contributed by atoms with Crippen molar-refractivity contribution in [2.24, 2.45) is 21.6 Å². The molecule has 0 fully saturated rings. The van der Waals surface area contributed by atoms with E-state index in [1.54, 1.807) is 0 Å². The van der Waals surface area contributed by atoms with Crippen molar-refractivity contribution in [1.29, 1.82) is 0 Å². The van der Waals surface area contributed by atoms with E-state index in [9.17, 15) is 35.8 Å². The van der Waals surface area contributed by atoms with E-state index in [2.05, 4.69) is 15.3 Å². The first-order chi connectivity index (χ1) is 14.2. The molecule has 2 amide bonds. The van der Waals surface area contributed by atoms with Crippen molar-refractivity contribution in [1.82, 2.24) is 10.3 Å². The Morgan fingerprint density at radius 2 is 1.65 bits per heavy atom. The van der Waals surface area contributed by atoms with Crippen molar-refractivity contribution < 1.29 is 35.8 Å². The quantitative estimate of drug-likeness (QED) is 0.139. The number of urea groups is 1. The van der Waals surface area contributed by atoms with E-state index >= 15 is 0 Å². The average molecular weight is 493 g/mol. The molecule has 0 aliphatic carbocycles. The molecule has 31 heavy (non-hydrogen) atoms. The number of nitrogens with one attached hydrogen (secondary N) is 1. The molecule has 1 atom stereocenters. The second-order valence-corrected chi connectivity index (χ2v) is 9.29. The van der Waals surface area contributed by atoms with Gasteiger partial charge in [-0.2, -0.15) is 21.8 Å². The zero-order valence-electron chi connectivity index (χ0n) is 15.0. The zero-order chi connectivity index (χ0) is 23.3. The van der Waals surface area contributed by atoms with E-state index in [-0.39, 0.29) is 22.2 Å². The van der Waals surface area contributed by atoms with Crippen molar-refractivity contribution in [3.63, 3.8) is 0 Å². The molecule has 0 radical (unpaired) electrons. The molecule has 0 spiro atoms. The van der Waals surface area contributed by atoms with E-state index in [1.807, 2.05) is 0 Å². The predicted octanol–water partition coefficient (Wildman–Crippen LogP) is -0.479. The molecule has 17 heteroatoms. The first-order valence-electron chi connectivity index (χ1n) is 7.85. The van der Waals surface area contributed by atoms with E-state index in [4.69, 9.17) is 23.2 Å². The van der Waals surface area contributed by atoms with Crippen LogP contribution in [0.1, 0.15) is 5.56 Å². The number of rotatable bonds is 3. The number of nitrogens with two attached hydrogens (primary N) is 2. The Morgan fingerprint density at radius 1 is 1.10 bits per heavy atom. The summed E-state index contributed by atoms with van der Waals surface area (Å²) in [4.78, 5) is 17.3. The van der Waals surface area contributed by atoms with Gasteiger partial charge in [0.05, 0.1) is 9.79 Å². The van der Waals surface area contributed by atoms with Crippen LogP contribution in [0.5, 0.6) is 5.75 Å². The lowest BCUT2D eigenvalue weighted by Gasteiger charge is -2.28. The summed E-state index contributed by atoms with van der Waals surface area (Å²) >= 11 is 5.99. The molecule has 1 unspecified atom stereocenters. The molecule has 3 rings (SSSR count). The highest BCUT2D eigenvalue weighted by molar-refractivity contribution is 7.86. The first kappa shape index (κ1) is 22.7. The number of carbonyl (C=O) groups is 1. The molecule has 1 aliphatic heterocycles. The normalized spacial score (nSPS) is 17.3. The Bertz CT molecular complexity index is 1380. The highest BCUT2D eigenvalue weighted by atomic mass is 35.5. The minimum atomic E-state index is -4.84. The summed E-state index contributed by atoms with van der Waals surface area (Å²) in [6.45, 7) is 0. The molecule has 0 saturated carbocycles. The Hall–Kier alpha value is -3.02. The van der Waals surface area contributed by atoms with Crippen molar-refractivity contribution in [2.75, 3.05) is 0 Å². The zero-order valence-corrected chi connectivity index (χ0v) is 17.3. The minimum absolute atomic E-state index is 0.168. The van der Waals surface area contributed by atoms with Gasteiger partial charge in [-0.3, -0.25) is 19.4 Å². The second kappa shape index (κ2) is 7.59. The van der Waals surface area contributed by atoms with Gasteiger partial charge < -0.3 is 10.8 Å². The van der Waals surface area contributed by atoms with Gasteiger partial charge in [-0.1, -0.05) is 11.6 Å². The number of benzene rings is 2. The summed E-state index contributed by atoms with van der Waals surface area (Å²) in [7, 11) is -9.62. The number of halogens is 1.